The second-order valence-electron chi connectivity index (χ2n) is 12.5. The maximum Gasteiger partial charge on any atom is 0.387 e. The molecule has 2 atom stereocenters. The summed E-state index contributed by atoms with van der Waals surface area (Å²) < 4.78 is 68.0. The number of benzene rings is 2. The summed E-state index contributed by atoms with van der Waals surface area (Å²) >= 11 is 5.98. The molecule has 246 valence electrons. The van der Waals surface area contributed by atoms with Crippen LogP contribution in [0.5, 0.6) is 11.5 Å². The van der Waals surface area contributed by atoms with E-state index in [4.69, 9.17) is 26.8 Å². The summed E-state index contributed by atoms with van der Waals surface area (Å²) in [5.41, 5.74) is 2.51. The zero-order valence-electron chi connectivity index (χ0n) is 24.8. The summed E-state index contributed by atoms with van der Waals surface area (Å²) in [4.78, 5) is 30.6. The van der Waals surface area contributed by atoms with Crippen molar-refractivity contribution in [2.45, 2.75) is 56.3 Å². The minimum absolute atomic E-state index is 0.0121. The Balaban J connectivity index is 1.27. The zero-order valence-corrected chi connectivity index (χ0v) is 25.6. The topological polar surface area (TPSA) is 142 Å². The minimum atomic E-state index is -3.15. The molecule has 2 fully saturated rings. The van der Waals surface area contributed by atoms with Gasteiger partial charge in [0, 0.05) is 34.3 Å². The molecule has 10 nitrogen and oxygen atoms in total. The SMILES string of the molecule is C[C@]1(C(N)=O)COc2c1cc(C(O)(CNC(=O)c1cc(OC(F)F)c3nn(C4CC4)cc3c1)C1CC1)nc2-c1cc(Cl)c(F)cc1F. The highest BCUT2D eigenvalue weighted by atomic mass is 35.5. The molecule has 7 rings (SSSR count). The number of pyridine rings is 1. The second kappa shape index (κ2) is 11.1. The van der Waals surface area contributed by atoms with Crippen molar-refractivity contribution in [2.24, 2.45) is 11.7 Å². The molecule has 3 aliphatic rings. The fourth-order valence-electron chi connectivity index (χ4n) is 5.98. The van der Waals surface area contributed by atoms with Crippen molar-refractivity contribution in [1.29, 1.82) is 0 Å². The number of aromatic nitrogens is 3. The van der Waals surface area contributed by atoms with Crippen molar-refractivity contribution in [3.63, 3.8) is 0 Å². The Bertz CT molecular complexity index is 1970. The van der Waals surface area contributed by atoms with Crippen molar-refractivity contribution >= 4 is 34.3 Å². The number of carbonyl (C=O) groups excluding carboxylic acids is 2. The molecule has 0 radical (unpaired) electrons. The maximum atomic E-state index is 15.2. The number of primary amides is 1. The molecule has 2 aliphatic carbocycles. The third-order valence-corrected chi connectivity index (χ3v) is 9.38. The summed E-state index contributed by atoms with van der Waals surface area (Å²) in [7, 11) is 0. The lowest BCUT2D eigenvalue weighted by Gasteiger charge is -2.30. The van der Waals surface area contributed by atoms with Crippen LogP contribution in [-0.2, 0) is 15.8 Å². The van der Waals surface area contributed by atoms with Crippen molar-refractivity contribution in [3.8, 4) is 22.8 Å². The third kappa shape index (κ3) is 5.42. The lowest BCUT2D eigenvalue weighted by atomic mass is 9.81. The van der Waals surface area contributed by atoms with Gasteiger partial charge in [0.05, 0.1) is 23.3 Å². The third-order valence-electron chi connectivity index (χ3n) is 9.09. The van der Waals surface area contributed by atoms with E-state index in [0.717, 1.165) is 25.0 Å². The number of ether oxygens (including phenoxy) is 2. The van der Waals surface area contributed by atoms with Gasteiger partial charge in [-0.3, -0.25) is 14.3 Å². The van der Waals surface area contributed by atoms with Crippen LogP contribution in [0.25, 0.3) is 22.2 Å². The lowest BCUT2D eigenvalue weighted by Crippen LogP contribution is -2.44. The van der Waals surface area contributed by atoms with Gasteiger partial charge < -0.3 is 25.6 Å². The minimum Gasteiger partial charge on any atom is -0.489 e. The Morgan fingerprint density at radius 1 is 1.19 bits per heavy atom. The number of rotatable bonds is 10. The van der Waals surface area contributed by atoms with Crippen LogP contribution in [0, 0.1) is 17.6 Å². The first-order chi connectivity index (χ1) is 22.3. The van der Waals surface area contributed by atoms with Crippen molar-refractivity contribution in [3.05, 3.63) is 70.0 Å². The fraction of sp³-hybridized carbons (Fsp3) is 0.375. The number of amides is 2. The van der Waals surface area contributed by atoms with Gasteiger partial charge >= 0.3 is 6.61 Å². The molecule has 2 saturated carbocycles. The van der Waals surface area contributed by atoms with E-state index in [-0.39, 0.29) is 57.7 Å². The Morgan fingerprint density at radius 2 is 1.94 bits per heavy atom. The molecule has 2 aromatic heterocycles. The molecule has 0 bridgehead atoms. The van der Waals surface area contributed by atoms with Gasteiger partial charge in [-0.2, -0.15) is 13.9 Å². The van der Waals surface area contributed by atoms with E-state index in [1.165, 1.54) is 19.1 Å². The van der Waals surface area contributed by atoms with Gasteiger partial charge in [0.15, 0.2) is 5.75 Å². The lowest BCUT2D eigenvalue weighted by molar-refractivity contribution is -0.123. The normalized spacial score (nSPS) is 20.2. The smallest absolute Gasteiger partial charge is 0.387 e. The van der Waals surface area contributed by atoms with Crippen LogP contribution in [0.1, 0.15) is 60.3 Å². The predicted octanol–water partition coefficient (Wildman–Crippen LogP) is 5.13. The van der Waals surface area contributed by atoms with E-state index >= 15 is 4.39 Å². The highest BCUT2D eigenvalue weighted by Gasteiger charge is 2.50. The van der Waals surface area contributed by atoms with Gasteiger partial charge in [-0.1, -0.05) is 11.6 Å². The maximum absolute atomic E-state index is 15.2. The zero-order chi connectivity index (χ0) is 33.4. The van der Waals surface area contributed by atoms with Crippen molar-refractivity contribution < 1.29 is 41.7 Å². The van der Waals surface area contributed by atoms with Crippen molar-refractivity contribution in [2.75, 3.05) is 13.2 Å². The number of carbonyl (C=O) groups is 2. The number of nitrogens with zero attached hydrogens (tertiary/aromatic N) is 3. The van der Waals surface area contributed by atoms with E-state index in [0.29, 0.717) is 24.3 Å². The van der Waals surface area contributed by atoms with Crippen LogP contribution in [0.2, 0.25) is 5.02 Å². The average Bonchev–Trinajstić information content (AvgIpc) is 3.97. The number of hydrogen-bond donors (Lipinski definition) is 3. The van der Waals surface area contributed by atoms with E-state index in [2.05, 4.69) is 15.4 Å². The standard InChI is InChI=1S/C32H28ClF4N5O5/c1-31(29(38)44)13-46-27-19(31)9-24(40-26(27)18-8-20(33)22(35)10-21(18)34)32(45,16-2-3-16)12-39-28(43)14-6-15-11-42(17-4-5-17)41-25(15)23(7-14)47-30(36)37/h6-11,16-17,30,45H,2-5,12-13H2,1H3,(H2,38,44)(H,39,43)/t31-,32?/m0/s1. The number of aliphatic hydroxyl groups is 1. The molecule has 1 aliphatic heterocycles. The van der Waals surface area contributed by atoms with E-state index in [1.54, 1.807) is 10.9 Å². The van der Waals surface area contributed by atoms with Crippen LogP contribution >= 0.6 is 11.6 Å². The molecule has 47 heavy (non-hydrogen) atoms. The van der Waals surface area contributed by atoms with E-state index in [9.17, 15) is 27.9 Å². The molecule has 15 heteroatoms. The van der Waals surface area contributed by atoms with Gasteiger partial charge in [-0.05, 0) is 62.8 Å². The fourth-order valence-corrected chi connectivity index (χ4v) is 6.15. The number of halogens is 5. The molecule has 2 aromatic carbocycles. The van der Waals surface area contributed by atoms with Gasteiger partial charge in [0.2, 0.25) is 5.91 Å². The molecule has 0 saturated heterocycles. The Labute approximate surface area is 269 Å². The first-order valence-corrected chi connectivity index (χ1v) is 15.3. The molecule has 3 heterocycles. The summed E-state index contributed by atoms with van der Waals surface area (Å²) in [6.07, 6.45) is 4.57. The first kappa shape index (κ1) is 31.2. The summed E-state index contributed by atoms with van der Waals surface area (Å²) in [5.74, 6) is -4.11. The van der Waals surface area contributed by atoms with Gasteiger partial charge in [-0.25, -0.2) is 13.8 Å². The number of fused-ring (bicyclic) bond motifs is 2. The monoisotopic (exact) mass is 673 g/mol. The Morgan fingerprint density at radius 3 is 2.60 bits per heavy atom. The van der Waals surface area contributed by atoms with Gasteiger partial charge in [0.25, 0.3) is 5.91 Å². The quantitative estimate of drug-likeness (QED) is 0.157. The molecule has 0 spiro atoms. The highest BCUT2D eigenvalue weighted by molar-refractivity contribution is 6.31. The number of nitrogens with two attached hydrogens (primary N) is 1. The van der Waals surface area contributed by atoms with Gasteiger partial charge in [-0.15, -0.1) is 0 Å². The summed E-state index contributed by atoms with van der Waals surface area (Å²) in [6, 6.07) is 5.86. The average molecular weight is 674 g/mol. The van der Waals surface area contributed by atoms with E-state index in [1.807, 2.05) is 0 Å². The number of hydrogen-bond acceptors (Lipinski definition) is 7. The predicted molar refractivity (Wildman–Crippen MR) is 160 cm³/mol. The second-order valence-corrected chi connectivity index (χ2v) is 12.9. The number of alkyl halides is 2. The van der Waals surface area contributed by atoms with Crippen LogP contribution in [-0.4, -0.2) is 51.4 Å². The number of nitrogens with one attached hydrogen (secondary N) is 1. The van der Waals surface area contributed by atoms with Crippen LogP contribution in [0.4, 0.5) is 17.6 Å². The molecular formula is C32H28ClF4N5O5. The first-order valence-electron chi connectivity index (χ1n) is 14.9. The van der Waals surface area contributed by atoms with Crippen LogP contribution in [0.15, 0.2) is 36.5 Å². The summed E-state index contributed by atoms with van der Waals surface area (Å²) in [6.45, 7) is -2.22. The highest BCUT2D eigenvalue weighted by Crippen LogP contribution is 2.50. The van der Waals surface area contributed by atoms with E-state index < -0.39 is 58.6 Å². The molecule has 1 unspecified atom stereocenters. The summed E-state index contributed by atoms with van der Waals surface area (Å²) in [5, 5.41) is 19.2. The molecule has 4 N–H and O–H groups in total. The molecule has 4 aromatic rings. The Kier molecular flexibility index (Phi) is 7.35. The molecule has 2 amide bonds. The molecular weight excluding hydrogens is 646 g/mol. The van der Waals surface area contributed by atoms with Gasteiger partial charge in [0.1, 0.15) is 46.2 Å². The Hall–Kier alpha value is -4.43. The van der Waals surface area contributed by atoms with Crippen LogP contribution in [0.3, 0.4) is 0 Å². The van der Waals surface area contributed by atoms with Crippen LogP contribution < -0.4 is 20.5 Å². The van der Waals surface area contributed by atoms with Crippen molar-refractivity contribution in [1.82, 2.24) is 20.1 Å². The largest absolute Gasteiger partial charge is 0.489 e.